The molecule has 4 nitrogen and oxygen atoms in total. The van der Waals surface area contributed by atoms with Gasteiger partial charge in [0, 0.05) is 25.1 Å². The minimum Gasteiger partial charge on any atom is -0.481 e. The molecule has 4 rings (SSSR count). The number of carboxylic acids is 1. The Morgan fingerprint density at radius 1 is 1.04 bits per heavy atom. The fourth-order valence-corrected chi connectivity index (χ4v) is 3.38. The van der Waals surface area contributed by atoms with Crippen LogP contribution in [0.4, 0.5) is 0 Å². The number of aromatic nitrogens is 1. The maximum absolute atomic E-state index is 11.0. The van der Waals surface area contributed by atoms with Crippen molar-refractivity contribution in [2.75, 3.05) is 0 Å². The molecule has 0 unspecified atom stereocenters. The lowest BCUT2D eigenvalue weighted by Gasteiger charge is -2.10. The van der Waals surface area contributed by atoms with Gasteiger partial charge in [0.2, 0.25) is 0 Å². The van der Waals surface area contributed by atoms with Gasteiger partial charge in [-0.3, -0.25) is 4.79 Å². The summed E-state index contributed by atoms with van der Waals surface area (Å²) >= 11 is 0. The lowest BCUT2D eigenvalue weighted by atomic mass is 10.1. The molecule has 4 aromatic rings. The van der Waals surface area contributed by atoms with Crippen LogP contribution in [0.3, 0.4) is 0 Å². The molecule has 0 saturated carbocycles. The first-order valence-electron chi connectivity index (χ1n) is 8.57. The van der Waals surface area contributed by atoms with Gasteiger partial charge in [0.05, 0.1) is 5.52 Å². The highest BCUT2D eigenvalue weighted by atomic mass is 16.5. The summed E-state index contributed by atoms with van der Waals surface area (Å²) in [5.74, 6) is 0.720. The van der Waals surface area contributed by atoms with Gasteiger partial charge in [-0.05, 0) is 47.0 Å². The second kappa shape index (κ2) is 6.56. The number of aryl methyl sites for hydroxylation is 2. The van der Waals surface area contributed by atoms with E-state index in [0.29, 0.717) is 6.42 Å². The van der Waals surface area contributed by atoms with E-state index in [1.165, 1.54) is 5.39 Å². The smallest absolute Gasteiger partial charge is 0.303 e. The number of benzene rings is 3. The lowest BCUT2D eigenvalue weighted by molar-refractivity contribution is -0.136. The number of hydrogen-bond acceptors (Lipinski definition) is 2. The highest BCUT2D eigenvalue weighted by molar-refractivity contribution is 5.91. The molecule has 0 amide bonds. The molecule has 0 spiro atoms. The number of fused-ring (bicyclic) bond motifs is 2. The van der Waals surface area contributed by atoms with Crippen molar-refractivity contribution in [2.24, 2.45) is 7.05 Å². The Bertz CT molecular complexity index is 1110. The number of rotatable bonds is 5. The van der Waals surface area contributed by atoms with Crippen molar-refractivity contribution < 1.29 is 14.6 Å². The van der Waals surface area contributed by atoms with Gasteiger partial charge in [0.1, 0.15) is 11.5 Å². The Kier molecular flexibility index (Phi) is 4.09. The number of hydrogen-bond donors (Lipinski definition) is 1. The first-order chi connectivity index (χ1) is 12.6. The van der Waals surface area contributed by atoms with Gasteiger partial charge in [-0.25, -0.2) is 0 Å². The molecule has 3 aromatic carbocycles. The van der Waals surface area contributed by atoms with Crippen molar-refractivity contribution in [1.29, 1.82) is 0 Å². The van der Waals surface area contributed by atoms with Gasteiger partial charge in [-0.15, -0.1) is 0 Å². The number of ether oxygens (including phenoxy) is 1. The number of nitrogens with zero attached hydrogens (tertiary/aromatic N) is 1. The van der Waals surface area contributed by atoms with E-state index in [0.717, 1.165) is 33.4 Å². The van der Waals surface area contributed by atoms with Crippen molar-refractivity contribution >= 4 is 27.6 Å². The van der Waals surface area contributed by atoms with E-state index in [9.17, 15) is 4.79 Å². The van der Waals surface area contributed by atoms with E-state index in [1.807, 2.05) is 66.3 Å². The van der Waals surface area contributed by atoms with Gasteiger partial charge in [-0.1, -0.05) is 36.4 Å². The summed E-state index contributed by atoms with van der Waals surface area (Å²) in [6.07, 6.45) is 2.56. The van der Waals surface area contributed by atoms with Crippen molar-refractivity contribution in [3.63, 3.8) is 0 Å². The Balaban J connectivity index is 1.76. The molecule has 130 valence electrons. The Morgan fingerprint density at radius 2 is 1.85 bits per heavy atom. The van der Waals surface area contributed by atoms with E-state index in [2.05, 4.69) is 12.1 Å². The third-order valence-electron chi connectivity index (χ3n) is 4.61. The SMILES string of the molecule is Cn1cc(CCC(=O)O)c2c(Oc3ccc4ccccc4c3)cccc21. The van der Waals surface area contributed by atoms with Crippen LogP contribution < -0.4 is 4.74 Å². The van der Waals surface area contributed by atoms with E-state index >= 15 is 0 Å². The second-order valence-electron chi connectivity index (χ2n) is 6.42. The van der Waals surface area contributed by atoms with E-state index in [-0.39, 0.29) is 6.42 Å². The monoisotopic (exact) mass is 345 g/mol. The number of aliphatic carboxylic acids is 1. The molecule has 0 fully saturated rings. The Labute approximate surface area is 151 Å². The normalized spacial score (nSPS) is 11.1. The zero-order valence-electron chi connectivity index (χ0n) is 14.5. The molecule has 0 atom stereocenters. The molecule has 1 N–H and O–H groups in total. The average molecular weight is 345 g/mol. The molecule has 0 aliphatic heterocycles. The van der Waals surface area contributed by atoms with Gasteiger partial charge in [-0.2, -0.15) is 0 Å². The predicted molar refractivity (Wildman–Crippen MR) is 103 cm³/mol. The van der Waals surface area contributed by atoms with Crippen LogP contribution in [0.25, 0.3) is 21.7 Å². The topological polar surface area (TPSA) is 51.5 Å². The van der Waals surface area contributed by atoms with Gasteiger partial charge in [0.15, 0.2) is 0 Å². The van der Waals surface area contributed by atoms with Gasteiger partial charge < -0.3 is 14.4 Å². The van der Waals surface area contributed by atoms with Crippen LogP contribution in [-0.4, -0.2) is 15.6 Å². The van der Waals surface area contributed by atoms with Crippen molar-refractivity contribution in [2.45, 2.75) is 12.8 Å². The molecule has 0 aliphatic carbocycles. The zero-order valence-corrected chi connectivity index (χ0v) is 14.5. The maximum atomic E-state index is 11.0. The molecule has 0 radical (unpaired) electrons. The first-order valence-corrected chi connectivity index (χ1v) is 8.57. The summed E-state index contributed by atoms with van der Waals surface area (Å²) in [6, 6.07) is 20.1. The Hall–Kier alpha value is -3.27. The minimum atomic E-state index is -0.796. The summed E-state index contributed by atoms with van der Waals surface area (Å²) in [4.78, 5) is 11.0. The molecular formula is C22H19NO3. The number of carboxylic acid groups (broad SMARTS) is 1. The standard InChI is InChI=1S/C22H19NO3/c1-23-14-17(10-12-21(24)25)22-19(23)7-4-8-20(22)26-18-11-9-15-5-2-3-6-16(15)13-18/h2-9,11,13-14H,10,12H2,1H3,(H,24,25). The van der Waals surface area contributed by atoms with E-state index < -0.39 is 5.97 Å². The first kappa shape index (κ1) is 16.2. The molecule has 4 heteroatoms. The number of carbonyl (C=O) groups is 1. The molecule has 26 heavy (non-hydrogen) atoms. The largest absolute Gasteiger partial charge is 0.481 e. The average Bonchev–Trinajstić information content (AvgIpc) is 2.97. The van der Waals surface area contributed by atoms with Crippen molar-refractivity contribution in [3.05, 3.63) is 72.4 Å². The second-order valence-corrected chi connectivity index (χ2v) is 6.42. The maximum Gasteiger partial charge on any atom is 0.303 e. The predicted octanol–water partition coefficient (Wildman–Crippen LogP) is 5.14. The third-order valence-corrected chi connectivity index (χ3v) is 4.61. The summed E-state index contributed by atoms with van der Waals surface area (Å²) in [5.41, 5.74) is 2.02. The molecule has 1 aromatic heterocycles. The van der Waals surface area contributed by atoms with Gasteiger partial charge >= 0.3 is 5.97 Å². The fraction of sp³-hybridized carbons (Fsp3) is 0.136. The van der Waals surface area contributed by atoms with Crippen LogP contribution in [-0.2, 0) is 18.3 Å². The quantitative estimate of drug-likeness (QED) is 0.545. The van der Waals surface area contributed by atoms with Crippen molar-refractivity contribution in [3.8, 4) is 11.5 Å². The summed E-state index contributed by atoms with van der Waals surface area (Å²) < 4.78 is 8.21. The zero-order chi connectivity index (χ0) is 18.1. The van der Waals surface area contributed by atoms with Crippen molar-refractivity contribution in [1.82, 2.24) is 4.57 Å². The highest BCUT2D eigenvalue weighted by Gasteiger charge is 2.14. The Morgan fingerprint density at radius 3 is 2.65 bits per heavy atom. The summed E-state index contributed by atoms with van der Waals surface area (Å²) in [5, 5.41) is 12.3. The minimum absolute atomic E-state index is 0.101. The summed E-state index contributed by atoms with van der Waals surface area (Å²) in [7, 11) is 1.96. The lowest BCUT2D eigenvalue weighted by Crippen LogP contribution is -1.97. The fourth-order valence-electron chi connectivity index (χ4n) is 3.38. The molecule has 0 aliphatic rings. The van der Waals surface area contributed by atoms with Crippen LogP contribution in [0.1, 0.15) is 12.0 Å². The van der Waals surface area contributed by atoms with Gasteiger partial charge in [0.25, 0.3) is 0 Å². The van der Waals surface area contributed by atoms with Crippen LogP contribution in [0.5, 0.6) is 11.5 Å². The van der Waals surface area contributed by atoms with E-state index in [4.69, 9.17) is 9.84 Å². The molecule has 1 heterocycles. The van der Waals surface area contributed by atoms with Crippen LogP contribution >= 0.6 is 0 Å². The summed E-state index contributed by atoms with van der Waals surface area (Å²) in [6.45, 7) is 0. The molecular weight excluding hydrogens is 326 g/mol. The molecule has 0 saturated heterocycles. The van der Waals surface area contributed by atoms with E-state index in [1.54, 1.807) is 0 Å². The van der Waals surface area contributed by atoms with Crippen LogP contribution in [0.15, 0.2) is 66.9 Å². The van der Waals surface area contributed by atoms with Crippen LogP contribution in [0.2, 0.25) is 0 Å². The van der Waals surface area contributed by atoms with Crippen LogP contribution in [0, 0.1) is 0 Å². The highest BCUT2D eigenvalue weighted by Crippen LogP contribution is 2.35. The molecule has 0 bridgehead atoms. The third kappa shape index (κ3) is 3.02.